The molecule has 5 heteroatoms. The highest BCUT2D eigenvalue weighted by Gasteiger charge is 1.99. The average Bonchev–Trinajstić information content (AvgIpc) is 2.37. The summed E-state index contributed by atoms with van der Waals surface area (Å²) in [5, 5.41) is 9.28. The van der Waals surface area contributed by atoms with Crippen molar-refractivity contribution in [3.8, 4) is 5.75 Å². The molecule has 2 aromatic heterocycles. The molecular formula is C12H11ClN2O2. The molecule has 0 fully saturated rings. The molecule has 2 aromatic rings. The summed E-state index contributed by atoms with van der Waals surface area (Å²) in [6.45, 7) is 0.261. The van der Waals surface area contributed by atoms with Gasteiger partial charge in [0, 0.05) is 0 Å². The lowest BCUT2D eigenvalue weighted by atomic mass is 10.3. The van der Waals surface area contributed by atoms with Crippen molar-refractivity contribution in [2.24, 2.45) is 0 Å². The van der Waals surface area contributed by atoms with Crippen molar-refractivity contribution < 1.29 is 9.84 Å². The maximum absolute atomic E-state index is 8.84. The SMILES string of the molecule is OCc1ccc(OCc2cccc(Cl)n2)cn1. The van der Waals surface area contributed by atoms with E-state index >= 15 is 0 Å². The zero-order valence-corrected chi connectivity index (χ0v) is 9.76. The standard InChI is InChI=1S/C12H11ClN2O2/c13-12-3-1-2-10(15-12)8-17-11-5-4-9(7-16)14-6-11/h1-6,16H,7-8H2. The molecular weight excluding hydrogens is 240 g/mol. The van der Waals surface area contributed by atoms with Crippen LogP contribution in [0.4, 0.5) is 0 Å². The van der Waals surface area contributed by atoms with Crippen LogP contribution in [0.15, 0.2) is 36.5 Å². The molecule has 0 amide bonds. The second-order valence-corrected chi connectivity index (χ2v) is 3.77. The zero-order valence-electron chi connectivity index (χ0n) is 9.01. The van der Waals surface area contributed by atoms with Gasteiger partial charge in [-0.05, 0) is 24.3 Å². The Kier molecular flexibility index (Phi) is 3.90. The first kappa shape index (κ1) is 11.8. The van der Waals surface area contributed by atoms with Gasteiger partial charge >= 0.3 is 0 Å². The van der Waals surface area contributed by atoms with Crippen molar-refractivity contribution in [3.63, 3.8) is 0 Å². The monoisotopic (exact) mass is 250 g/mol. The lowest BCUT2D eigenvalue weighted by molar-refractivity contribution is 0.274. The third-order valence-corrected chi connectivity index (χ3v) is 2.33. The molecule has 0 atom stereocenters. The molecule has 0 bridgehead atoms. The molecule has 0 saturated heterocycles. The Morgan fingerprint density at radius 2 is 2.06 bits per heavy atom. The Morgan fingerprint density at radius 3 is 2.71 bits per heavy atom. The first-order valence-electron chi connectivity index (χ1n) is 5.08. The van der Waals surface area contributed by atoms with Crippen molar-refractivity contribution in [2.45, 2.75) is 13.2 Å². The van der Waals surface area contributed by atoms with E-state index in [-0.39, 0.29) is 6.61 Å². The summed E-state index contributed by atoms with van der Waals surface area (Å²) < 4.78 is 5.48. The number of hydrogen-bond acceptors (Lipinski definition) is 4. The minimum atomic E-state index is -0.0733. The number of hydrogen-bond donors (Lipinski definition) is 1. The van der Waals surface area contributed by atoms with E-state index in [1.165, 1.54) is 0 Å². The smallest absolute Gasteiger partial charge is 0.138 e. The molecule has 0 aliphatic heterocycles. The number of aliphatic hydroxyl groups excluding tert-OH is 1. The van der Waals surface area contributed by atoms with Crippen LogP contribution in [-0.2, 0) is 13.2 Å². The van der Waals surface area contributed by atoms with Crippen molar-refractivity contribution in [1.82, 2.24) is 9.97 Å². The van der Waals surface area contributed by atoms with Crippen LogP contribution < -0.4 is 4.74 Å². The van der Waals surface area contributed by atoms with Crippen LogP contribution in [-0.4, -0.2) is 15.1 Å². The first-order valence-corrected chi connectivity index (χ1v) is 5.46. The predicted molar refractivity (Wildman–Crippen MR) is 63.7 cm³/mol. The van der Waals surface area contributed by atoms with E-state index in [0.717, 1.165) is 5.69 Å². The number of pyridine rings is 2. The maximum Gasteiger partial charge on any atom is 0.138 e. The summed E-state index contributed by atoms with van der Waals surface area (Å²) in [5.41, 5.74) is 1.36. The van der Waals surface area contributed by atoms with Crippen LogP contribution in [0.3, 0.4) is 0 Å². The van der Waals surface area contributed by atoms with Gasteiger partial charge in [0.1, 0.15) is 17.5 Å². The fourth-order valence-electron chi connectivity index (χ4n) is 1.28. The molecule has 0 spiro atoms. The van der Waals surface area contributed by atoms with Crippen molar-refractivity contribution in [1.29, 1.82) is 0 Å². The highest BCUT2D eigenvalue weighted by Crippen LogP contribution is 2.12. The van der Waals surface area contributed by atoms with E-state index in [1.807, 2.05) is 12.1 Å². The Hall–Kier alpha value is -1.65. The molecule has 88 valence electrons. The number of aliphatic hydroxyl groups is 1. The molecule has 0 saturated carbocycles. The van der Waals surface area contributed by atoms with Gasteiger partial charge < -0.3 is 9.84 Å². The quantitative estimate of drug-likeness (QED) is 0.846. The van der Waals surface area contributed by atoms with Crippen LogP contribution in [0.5, 0.6) is 5.75 Å². The molecule has 2 heterocycles. The van der Waals surface area contributed by atoms with Gasteiger partial charge in [0.25, 0.3) is 0 Å². The van der Waals surface area contributed by atoms with Crippen LogP contribution in [0.2, 0.25) is 5.15 Å². The molecule has 17 heavy (non-hydrogen) atoms. The van der Waals surface area contributed by atoms with E-state index < -0.39 is 0 Å². The van der Waals surface area contributed by atoms with E-state index in [0.29, 0.717) is 23.2 Å². The van der Waals surface area contributed by atoms with Gasteiger partial charge in [-0.1, -0.05) is 17.7 Å². The van der Waals surface area contributed by atoms with Gasteiger partial charge in [-0.15, -0.1) is 0 Å². The highest BCUT2D eigenvalue weighted by molar-refractivity contribution is 6.29. The lowest BCUT2D eigenvalue weighted by Gasteiger charge is -2.05. The number of rotatable bonds is 4. The van der Waals surface area contributed by atoms with E-state index in [9.17, 15) is 0 Å². The minimum absolute atomic E-state index is 0.0733. The zero-order chi connectivity index (χ0) is 12.1. The largest absolute Gasteiger partial charge is 0.486 e. The van der Waals surface area contributed by atoms with Crippen LogP contribution >= 0.6 is 11.6 Å². The van der Waals surface area contributed by atoms with E-state index in [1.54, 1.807) is 24.4 Å². The van der Waals surface area contributed by atoms with Crippen molar-refractivity contribution in [2.75, 3.05) is 0 Å². The van der Waals surface area contributed by atoms with Crippen LogP contribution in [0.1, 0.15) is 11.4 Å². The fourth-order valence-corrected chi connectivity index (χ4v) is 1.46. The van der Waals surface area contributed by atoms with Crippen molar-refractivity contribution >= 4 is 11.6 Å². The molecule has 2 rings (SSSR count). The third-order valence-electron chi connectivity index (χ3n) is 2.12. The van der Waals surface area contributed by atoms with Crippen molar-refractivity contribution in [3.05, 3.63) is 53.1 Å². The minimum Gasteiger partial charge on any atom is -0.486 e. The van der Waals surface area contributed by atoms with Gasteiger partial charge in [0.2, 0.25) is 0 Å². The summed E-state index contributed by atoms with van der Waals surface area (Å²) >= 11 is 5.76. The molecule has 4 nitrogen and oxygen atoms in total. The summed E-state index contributed by atoms with van der Waals surface area (Å²) in [5.74, 6) is 0.629. The van der Waals surface area contributed by atoms with Gasteiger partial charge in [0.05, 0.1) is 24.2 Å². The van der Waals surface area contributed by atoms with Gasteiger partial charge in [-0.2, -0.15) is 0 Å². The van der Waals surface area contributed by atoms with Crippen LogP contribution in [0, 0.1) is 0 Å². The summed E-state index contributed by atoms with van der Waals surface area (Å²) in [7, 11) is 0. The summed E-state index contributed by atoms with van der Waals surface area (Å²) in [4.78, 5) is 8.11. The summed E-state index contributed by atoms with van der Waals surface area (Å²) in [6.07, 6.45) is 1.57. The Morgan fingerprint density at radius 1 is 1.18 bits per heavy atom. The highest BCUT2D eigenvalue weighted by atomic mass is 35.5. The molecule has 0 radical (unpaired) electrons. The molecule has 0 unspecified atom stereocenters. The topological polar surface area (TPSA) is 55.2 Å². The molecule has 1 N–H and O–H groups in total. The average molecular weight is 251 g/mol. The Balaban J connectivity index is 1.97. The predicted octanol–water partition coefficient (Wildman–Crippen LogP) is 2.20. The lowest BCUT2D eigenvalue weighted by Crippen LogP contribution is -1.99. The number of nitrogens with zero attached hydrogens (tertiary/aromatic N) is 2. The number of aromatic nitrogens is 2. The Labute approximate surface area is 104 Å². The first-order chi connectivity index (χ1) is 8.28. The molecule has 0 aliphatic carbocycles. The fraction of sp³-hybridized carbons (Fsp3) is 0.167. The summed E-state index contributed by atoms with van der Waals surface area (Å²) in [6, 6.07) is 8.83. The maximum atomic E-state index is 8.84. The number of halogens is 1. The van der Waals surface area contributed by atoms with Gasteiger partial charge in [-0.25, -0.2) is 4.98 Å². The van der Waals surface area contributed by atoms with Gasteiger partial charge in [0.15, 0.2) is 0 Å². The molecule has 0 aliphatic rings. The normalized spacial score (nSPS) is 10.2. The van der Waals surface area contributed by atoms with Crippen LogP contribution in [0.25, 0.3) is 0 Å². The van der Waals surface area contributed by atoms with E-state index in [4.69, 9.17) is 21.4 Å². The third kappa shape index (κ3) is 3.41. The van der Waals surface area contributed by atoms with Gasteiger partial charge in [-0.3, -0.25) is 4.98 Å². The number of ether oxygens (including phenoxy) is 1. The Bertz CT molecular complexity index is 488. The molecule has 0 aromatic carbocycles. The second-order valence-electron chi connectivity index (χ2n) is 3.38. The second kappa shape index (κ2) is 5.61. The van der Waals surface area contributed by atoms with E-state index in [2.05, 4.69) is 9.97 Å².